The lowest BCUT2D eigenvalue weighted by atomic mass is 9.66. The Labute approximate surface area is 227 Å². The monoisotopic (exact) mass is 619 g/mol. The Morgan fingerprint density at radius 1 is 1.12 bits per heavy atom. The number of anilines is 2. The minimum absolute atomic E-state index is 0.0812. The number of alkyl halides is 8. The molecular weight excluding hydrogens is 597 g/mol. The second-order valence-electron chi connectivity index (χ2n) is 10.1. The van der Waals surface area contributed by atoms with Crippen molar-refractivity contribution in [3.05, 3.63) is 47.8 Å². The molecule has 226 valence electrons. The summed E-state index contributed by atoms with van der Waals surface area (Å²) in [6.45, 7) is -1.86. The molecule has 2 aromatic rings. The van der Waals surface area contributed by atoms with Crippen LogP contribution in [0.4, 0.5) is 50.9 Å². The largest absolute Gasteiger partial charge is 0.492 e. The number of carbonyl (C=O) groups is 1. The van der Waals surface area contributed by atoms with E-state index < -0.39 is 118 Å². The molecule has 0 radical (unpaired) electrons. The zero-order valence-electron chi connectivity index (χ0n) is 20.8. The lowest BCUT2D eigenvalue weighted by Gasteiger charge is -2.43. The minimum Gasteiger partial charge on any atom is -0.492 e. The molecule has 4 rings (SSSR count). The molecule has 1 N–H and O–H groups in total. The van der Waals surface area contributed by atoms with Crippen LogP contribution in [0.5, 0.6) is 5.75 Å². The van der Waals surface area contributed by atoms with Crippen LogP contribution in [-0.4, -0.2) is 50.5 Å². The Kier molecular flexibility index (Phi) is 7.95. The summed E-state index contributed by atoms with van der Waals surface area (Å²) in [6, 6.07) is 4.56. The van der Waals surface area contributed by atoms with Crippen LogP contribution in [0.1, 0.15) is 31.2 Å². The maximum Gasteiger partial charge on any atom is 0.420 e. The first-order valence-corrected chi connectivity index (χ1v) is 13.6. The van der Waals surface area contributed by atoms with Crippen molar-refractivity contribution in [3.8, 4) is 5.75 Å². The predicted molar refractivity (Wildman–Crippen MR) is 125 cm³/mol. The third-order valence-electron chi connectivity index (χ3n) is 7.09. The van der Waals surface area contributed by atoms with Crippen molar-refractivity contribution in [3.63, 3.8) is 0 Å². The Morgan fingerprint density at radius 2 is 1.73 bits per heavy atom. The van der Waals surface area contributed by atoms with Crippen LogP contribution in [0.15, 0.2) is 41.3 Å². The molecule has 2 atom stereocenters. The number of fused-ring (bicyclic) bond motifs is 1. The van der Waals surface area contributed by atoms with Crippen molar-refractivity contribution >= 4 is 27.2 Å². The van der Waals surface area contributed by atoms with Gasteiger partial charge in [0.1, 0.15) is 23.6 Å². The van der Waals surface area contributed by atoms with Gasteiger partial charge in [-0.25, -0.2) is 34.8 Å². The van der Waals surface area contributed by atoms with Crippen molar-refractivity contribution < 1.29 is 62.6 Å². The molecule has 6 nitrogen and oxygen atoms in total. The molecule has 1 fully saturated rings. The molecule has 1 aliphatic heterocycles. The number of carboxylic acids is 1. The molecule has 1 aliphatic carbocycles. The quantitative estimate of drug-likeness (QED) is 0.335. The molecule has 0 amide bonds. The van der Waals surface area contributed by atoms with Gasteiger partial charge in [0.25, 0.3) is 5.92 Å². The van der Waals surface area contributed by atoms with E-state index >= 15 is 4.39 Å². The van der Waals surface area contributed by atoms with E-state index in [4.69, 9.17) is 4.74 Å². The average Bonchev–Trinajstić information content (AvgIpc) is 2.92. The molecule has 0 unspecified atom stereocenters. The van der Waals surface area contributed by atoms with Crippen LogP contribution >= 0.6 is 0 Å². The summed E-state index contributed by atoms with van der Waals surface area (Å²) in [5.74, 6) is -8.85. The van der Waals surface area contributed by atoms with E-state index in [2.05, 4.69) is 0 Å². The molecule has 1 heterocycles. The summed E-state index contributed by atoms with van der Waals surface area (Å²) in [4.78, 5) is 11.5. The van der Waals surface area contributed by atoms with Crippen LogP contribution in [0.2, 0.25) is 0 Å². The number of benzene rings is 2. The summed E-state index contributed by atoms with van der Waals surface area (Å²) in [7, 11) is -5.18. The average molecular weight is 620 g/mol. The van der Waals surface area contributed by atoms with Gasteiger partial charge in [-0.2, -0.15) is 13.2 Å². The van der Waals surface area contributed by atoms with E-state index in [1.54, 1.807) is 0 Å². The van der Waals surface area contributed by atoms with Crippen molar-refractivity contribution in [2.45, 2.75) is 54.6 Å². The number of ether oxygens (including phenoxy) is 1. The molecule has 16 heteroatoms. The summed E-state index contributed by atoms with van der Waals surface area (Å²) < 4.78 is 156. The molecule has 0 saturated heterocycles. The van der Waals surface area contributed by atoms with Crippen molar-refractivity contribution in [2.24, 2.45) is 11.3 Å². The Balaban J connectivity index is 1.87. The number of halogens is 9. The highest BCUT2D eigenvalue weighted by molar-refractivity contribution is 7.92. The second kappa shape index (κ2) is 10.6. The van der Waals surface area contributed by atoms with E-state index in [9.17, 15) is 53.4 Å². The van der Waals surface area contributed by atoms with Gasteiger partial charge in [-0.15, -0.1) is 0 Å². The number of sulfone groups is 1. The molecule has 2 aromatic carbocycles. The van der Waals surface area contributed by atoms with E-state index in [0.717, 1.165) is 29.2 Å². The maximum absolute atomic E-state index is 15.5. The van der Waals surface area contributed by atoms with E-state index in [-0.39, 0.29) is 5.69 Å². The molecule has 0 aromatic heterocycles. The fourth-order valence-corrected chi connectivity index (χ4v) is 6.72. The van der Waals surface area contributed by atoms with E-state index in [0.29, 0.717) is 12.1 Å². The van der Waals surface area contributed by atoms with Gasteiger partial charge in [-0.1, -0.05) is 0 Å². The lowest BCUT2D eigenvalue weighted by molar-refractivity contribution is -0.200. The van der Waals surface area contributed by atoms with Crippen molar-refractivity contribution in [1.29, 1.82) is 0 Å². The first-order chi connectivity index (χ1) is 18.9. The van der Waals surface area contributed by atoms with Crippen LogP contribution < -0.4 is 9.64 Å². The normalized spacial score (nSPS) is 22.9. The second-order valence-corrected chi connectivity index (χ2v) is 12.1. The van der Waals surface area contributed by atoms with Gasteiger partial charge < -0.3 is 14.7 Å². The molecule has 0 spiro atoms. The predicted octanol–water partition coefficient (Wildman–Crippen LogP) is 6.61. The van der Waals surface area contributed by atoms with Gasteiger partial charge in [-0.05, 0) is 36.8 Å². The van der Waals surface area contributed by atoms with Crippen LogP contribution in [-0.2, 0) is 20.8 Å². The Morgan fingerprint density at radius 3 is 2.24 bits per heavy atom. The first-order valence-electron chi connectivity index (χ1n) is 12.0. The van der Waals surface area contributed by atoms with Gasteiger partial charge in [-0.3, -0.25) is 4.79 Å². The fourth-order valence-electron chi connectivity index (χ4n) is 5.02. The number of hydrogen-bond donors (Lipinski definition) is 1. The van der Waals surface area contributed by atoms with Gasteiger partial charge in [0.2, 0.25) is 21.8 Å². The number of aliphatic carboxylic acids is 1. The summed E-state index contributed by atoms with van der Waals surface area (Å²) >= 11 is 0. The number of hydrogen-bond acceptors (Lipinski definition) is 5. The van der Waals surface area contributed by atoms with E-state index in [1.807, 2.05) is 0 Å². The number of nitrogens with zero attached hydrogens (tertiary/aromatic N) is 1. The standard InChI is InChI=1S/C25H22F9NO5S/c26-14-2-4-15(5-3-14)35-9-13(1-6-20(27)28)21(29)41(38,39)19-8-18(16(7-17(19)35)25(32,33)34)40-12-23(22(36)37)10-24(30,31)11-23/h2-5,7-8,13,20-21H,1,6,9-12H2,(H,36,37)/t13-,21+/m1/s1. The molecule has 2 aliphatic rings. The lowest BCUT2D eigenvalue weighted by Crippen LogP contribution is -2.54. The highest BCUT2D eigenvalue weighted by Gasteiger charge is 2.62. The zero-order valence-corrected chi connectivity index (χ0v) is 21.6. The summed E-state index contributed by atoms with van der Waals surface area (Å²) in [5, 5.41) is 9.40. The minimum atomic E-state index is -5.26. The number of rotatable bonds is 8. The molecule has 41 heavy (non-hydrogen) atoms. The smallest absolute Gasteiger partial charge is 0.420 e. The van der Waals surface area contributed by atoms with Gasteiger partial charge in [0, 0.05) is 43.5 Å². The molecular formula is C25H22F9NO5S. The van der Waals surface area contributed by atoms with Crippen LogP contribution in [0, 0.1) is 17.2 Å². The highest BCUT2D eigenvalue weighted by Crippen LogP contribution is 2.53. The molecule has 1 saturated carbocycles. The van der Waals surface area contributed by atoms with Crippen molar-refractivity contribution in [2.75, 3.05) is 18.1 Å². The summed E-state index contributed by atoms with van der Waals surface area (Å²) in [5.41, 5.74) is -7.55. The van der Waals surface area contributed by atoms with Crippen LogP contribution in [0.25, 0.3) is 0 Å². The Bertz CT molecular complexity index is 1410. The van der Waals surface area contributed by atoms with Crippen molar-refractivity contribution in [1.82, 2.24) is 0 Å². The van der Waals surface area contributed by atoms with Gasteiger partial charge >= 0.3 is 12.1 Å². The third-order valence-corrected chi connectivity index (χ3v) is 9.01. The van der Waals surface area contributed by atoms with Gasteiger partial charge in [0.15, 0.2) is 0 Å². The fraction of sp³-hybridized carbons (Fsp3) is 0.480. The SMILES string of the molecule is O=C(O)C1(COc2cc3c(cc2C(F)(F)F)N(c2ccc(F)cc2)C[C@@H](CCC(F)F)[C@@H](F)S3(=O)=O)CC(F)(F)C1. The first kappa shape index (κ1) is 30.8. The topological polar surface area (TPSA) is 83.9 Å². The third kappa shape index (κ3) is 6.06. The van der Waals surface area contributed by atoms with E-state index in [1.165, 1.54) is 0 Å². The number of carboxylic acid groups (broad SMARTS) is 1. The van der Waals surface area contributed by atoms with Crippen LogP contribution in [0.3, 0.4) is 0 Å². The Hall–Kier alpha value is -3.17. The molecule has 0 bridgehead atoms. The maximum atomic E-state index is 15.5. The highest BCUT2D eigenvalue weighted by atomic mass is 32.2. The zero-order chi connectivity index (χ0) is 30.5. The van der Waals surface area contributed by atoms with Gasteiger partial charge in [0.05, 0.1) is 16.1 Å². The summed E-state index contributed by atoms with van der Waals surface area (Å²) in [6.07, 6.45) is -12.3.